The predicted molar refractivity (Wildman–Crippen MR) is 80.0 cm³/mol. The third-order valence-corrected chi connectivity index (χ3v) is 3.80. The Bertz CT molecular complexity index is 643. The Kier molecular flexibility index (Phi) is 4.89. The normalized spacial score (nSPS) is 12.9. The van der Waals surface area contributed by atoms with Gasteiger partial charge in [0.05, 0.1) is 5.69 Å². The van der Waals surface area contributed by atoms with E-state index < -0.39 is 17.6 Å². The minimum absolute atomic E-state index is 0.0596. The summed E-state index contributed by atoms with van der Waals surface area (Å²) in [7, 11) is 0. The van der Waals surface area contributed by atoms with Crippen molar-refractivity contribution in [1.29, 1.82) is 0 Å². The lowest BCUT2D eigenvalue weighted by molar-refractivity contribution is -0.118. The number of benzene rings is 1. The monoisotopic (exact) mass is 307 g/mol. The third kappa shape index (κ3) is 3.79. The highest BCUT2D eigenvalue weighted by atomic mass is 32.1. The number of nitrogens with zero attached hydrogens (tertiary/aromatic N) is 1. The molecular formula is C14H14FN3O2S. The van der Waals surface area contributed by atoms with Crippen molar-refractivity contribution in [3.8, 4) is 0 Å². The van der Waals surface area contributed by atoms with Crippen LogP contribution in [0.25, 0.3) is 0 Å². The van der Waals surface area contributed by atoms with Crippen molar-refractivity contribution < 1.29 is 14.4 Å². The maximum Gasteiger partial charge on any atom is 0.235 e. The number of rotatable bonds is 5. The number of halogens is 1. The van der Waals surface area contributed by atoms with E-state index in [1.54, 1.807) is 6.07 Å². The van der Waals surface area contributed by atoms with Crippen molar-refractivity contribution in [1.82, 2.24) is 0 Å². The maximum absolute atomic E-state index is 13.6. The second-order valence-electron chi connectivity index (χ2n) is 4.33. The number of thiophene rings is 1. The SMILES string of the molecule is N/C(=N\O)C(Cc1cccs1)C(=O)Nc1ccccc1F. The Labute approximate surface area is 124 Å². The van der Waals surface area contributed by atoms with Crippen molar-refractivity contribution in [2.45, 2.75) is 6.42 Å². The summed E-state index contributed by atoms with van der Waals surface area (Å²) in [5.41, 5.74) is 5.64. The number of hydrogen-bond acceptors (Lipinski definition) is 4. The van der Waals surface area contributed by atoms with Crippen LogP contribution in [0.15, 0.2) is 46.9 Å². The zero-order valence-electron chi connectivity index (χ0n) is 11.0. The van der Waals surface area contributed by atoms with Gasteiger partial charge in [-0.2, -0.15) is 0 Å². The molecule has 110 valence electrons. The topological polar surface area (TPSA) is 87.7 Å². The van der Waals surface area contributed by atoms with E-state index in [1.807, 2.05) is 17.5 Å². The van der Waals surface area contributed by atoms with Gasteiger partial charge in [0.1, 0.15) is 11.7 Å². The molecule has 0 saturated heterocycles. The Hall–Kier alpha value is -2.41. The Morgan fingerprint density at radius 3 is 2.76 bits per heavy atom. The number of para-hydroxylation sites is 1. The number of carbonyl (C=O) groups is 1. The molecule has 0 aliphatic rings. The van der Waals surface area contributed by atoms with Gasteiger partial charge in [-0.25, -0.2) is 4.39 Å². The number of nitrogens with two attached hydrogens (primary N) is 1. The molecule has 2 rings (SSSR count). The average molecular weight is 307 g/mol. The molecule has 1 amide bonds. The molecule has 0 radical (unpaired) electrons. The molecule has 1 aromatic carbocycles. The van der Waals surface area contributed by atoms with Crippen molar-refractivity contribution in [3.05, 3.63) is 52.5 Å². The average Bonchev–Trinajstić information content (AvgIpc) is 2.99. The molecule has 0 fully saturated rings. The van der Waals surface area contributed by atoms with Crippen molar-refractivity contribution in [2.75, 3.05) is 5.32 Å². The summed E-state index contributed by atoms with van der Waals surface area (Å²) in [6.45, 7) is 0. The molecule has 21 heavy (non-hydrogen) atoms. The Morgan fingerprint density at radius 2 is 2.14 bits per heavy atom. The first kappa shape index (κ1) is 15.0. The number of carbonyl (C=O) groups excluding carboxylic acids is 1. The highest BCUT2D eigenvalue weighted by Crippen LogP contribution is 2.18. The number of oxime groups is 1. The molecule has 4 N–H and O–H groups in total. The van der Waals surface area contributed by atoms with Gasteiger partial charge < -0.3 is 16.3 Å². The molecule has 1 aromatic heterocycles. The minimum Gasteiger partial charge on any atom is -0.409 e. The van der Waals surface area contributed by atoms with Crippen LogP contribution in [0.5, 0.6) is 0 Å². The highest BCUT2D eigenvalue weighted by Gasteiger charge is 2.25. The minimum atomic E-state index is -0.867. The smallest absolute Gasteiger partial charge is 0.235 e. The van der Waals surface area contributed by atoms with Crippen LogP contribution in [-0.4, -0.2) is 17.0 Å². The van der Waals surface area contributed by atoms with Crippen molar-refractivity contribution in [2.24, 2.45) is 16.8 Å². The summed E-state index contributed by atoms with van der Waals surface area (Å²) in [5.74, 6) is -2.14. The fourth-order valence-electron chi connectivity index (χ4n) is 1.81. The third-order valence-electron chi connectivity index (χ3n) is 2.91. The quantitative estimate of drug-likeness (QED) is 0.343. The number of hydrogen-bond donors (Lipinski definition) is 3. The van der Waals surface area contributed by atoms with Crippen molar-refractivity contribution in [3.63, 3.8) is 0 Å². The summed E-state index contributed by atoms with van der Waals surface area (Å²) in [6, 6.07) is 9.51. The van der Waals surface area contributed by atoms with Gasteiger partial charge in [0.15, 0.2) is 5.84 Å². The summed E-state index contributed by atoms with van der Waals surface area (Å²) in [4.78, 5) is 13.2. The largest absolute Gasteiger partial charge is 0.409 e. The number of amides is 1. The molecule has 0 saturated carbocycles. The van der Waals surface area contributed by atoms with Gasteiger partial charge in [-0.15, -0.1) is 11.3 Å². The summed E-state index contributed by atoms with van der Waals surface area (Å²) in [6.07, 6.45) is 0.286. The summed E-state index contributed by atoms with van der Waals surface area (Å²) in [5, 5.41) is 16.0. The maximum atomic E-state index is 13.6. The second kappa shape index (κ2) is 6.85. The first-order valence-electron chi connectivity index (χ1n) is 6.17. The molecule has 5 nitrogen and oxygen atoms in total. The predicted octanol–water partition coefficient (Wildman–Crippen LogP) is 2.43. The molecule has 1 heterocycles. The van der Waals surface area contributed by atoms with Crippen LogP contribution in [0.3, 0.4) is 0 Å². The van der Waals surface area contributed by atoms with Crippen LogP contribution in [0.4, 0.5) is 10.1 Å². The van der Waals surface area contributed by atoms with Gasteiger partial charge in [-0.1, -0.05) is 23.4 Å². The zero-order valence-corrected chi connectivity index (χ0v) is 11.8. The first-order chi connectivity index (χ1) is 10.1. The van der Waals surface area contributed by atoms with Gasteiger partial charge in [0.2, 0.25) is 5.91 Å². The number of amidine groups is 1. The molecular weight excluding hydrogens is 293 g/mol. The lowest BCUT2D eigenvalue weighted by Crippen LogP contribution is -2.36. The van der Waals surface area contributed by atoms with E-state index in [4.69, 9.17) is 10.9 Å². The lowest BCUT2D eigenvalue weighted by Gasteiger charge is -2.15. The zero-order chi connectivity index (χ0) is 15.2. The van der Waals surface area contributed by atoms with Crippen LogP contribution in [0.2, 0.25) is 0 Å². The van der Waals surface area contributed by atoms with E-state index in [-0.39, 0.29) is 17.9 Å². The van der Waals surface area contributed by atoms with E-state index in [2.05, 4.69) is 10.5 Å². The molecule has 2 aromatic rings. The molecule has 0 aliphatic heterocycles. The van der Waals surface area contributed by atoms with E-state index >= 15 is 0 Å². The van der Waals surface area contributed by atoms with Gasteiger partial charge in [0, 0.05) is 11.3 Å². The fraction of sp³-hybridized carbons (Fsp3) is 0.143. The molecule has 0 bridgehead atoms. The Balaban J connectivity index is 2.17. The van der Waals surface area contributed by atoms with Gasteiger partial charge in [-0.05, 0) is 23.6 Å². The highest BCUT2D eigenvalue weighted by molar-refractivity contribution is 7.09. The van der Waals surface area contributed by atoms with Crippen LogP contribution in [-0.2, 0) is 11.2 Å². The molecule has 1 atom stereocenters. The summed E-state index contributed by atoms with van der Waals surface area (Å²) < 4.78 is 13.6. The van der Waals surface area contributed by atoms with E-state index in [1.165, 1.54) is 29.5 Å². The molecule has 1 unspecified atom stereocenters. The van der Waals surface area contributed by atoms with Gasteiger partial charge in [-0.3, -0.25) is 4.79 Å². The molecule has 7 heteroatoms. The molecule has 0 aliphatic carbocycles. The first-order valence-corrected chi connectivity index (χ1v) is 7.05. The number of nitrogens with one attached hydrogen (secondary N) is 1. The standard InChI is InChI=1S/C14H14FN3O2S/c15-11-5-1-2-6-12(11)17-14(19)10(13(16)18-20)8-9-4-3-7-21-9/h1-7,10,20H,8H2,(H2,16,18)(H,17,19). The molecule has 0 spiro atoms. The van der Waals surface area contributed by atoms with Gasteiger partial charge >= 0.3 is 0 Å². The lowest BCUT2D eigenvalue weighted by atomic mass is 10.0. The van der Waals surface area contributed by atoms with Gasteiger partial charge in [0.25, 0.3) is 0 Å². The van der Waals surface area contributed by atoms with E-state index in [0.717, 1.165) is 4.88 Å². The van der Waals surface area contributed by atoms with Crippen LogP contribution >= 0.6 is 11.3 Å². The second-order valence-corrected chi connectivity index (χ2v) is 5.36. The Morgan fingerprint density at radius 1 is 1.38 bits per heavy atom. The summed E-state index contributed by atoms with van der Waals surface area (Å²) >= 11 is 1.46. The van der Waals surface area contributed by atoms with Crippen LogP contribution < -0.4 is 11.1 Å². The van der Waals surface area contributed by atoms with E-state index in [0.29, 0.717) is 0 Å². The van der Waals surface area contributed by atoms with Crippen LogP contribution in [0, 0.1) is 11.7 Å². The van der Waals surface area contributed by atoms with E-state index in [9.17, 15) is 9.18 Å². The fourth-order valence-corrected chi connectivity index (χ4v) is 2.57. The number of anilines is 1. The van der Waals surface area contributed by atoms with Crippen molar-refractivity contribution >= 4 is 28.8 Å². The van der Waals surface area contributed by atoms with Crippen LogP contribution in [0.1, 0.15) is 4.88 Å².